The van der Waals surface area contributed by atoms with E-state index in [1.807, 2.05) is 24.3 Å². The second kappa shape index (κ2) is 13.0. The van der Waals surface area contributed by atoms with Crippen LogP contribution in [0.5, 0.6) is 11.5 Å². The van der Waals surface area contributed by atoms with Gasteiger partial charge in [-0.1, -0.05) is 70.9 Å². The number of ether oxygens (including phenoxy) is 1. The molecule has 4 N–H and O–H groups in total. The van der Waals surface area contributed by atoms with Crippen molar-refractivity contribution >= 4 is 11.6 Å². The van der Waals surface area contributed by atoms with Gasteiger partial charge in [0.15, 0.2) is 5.78 Å². The Labute approximate surface area is 321 Å². The Kier molecular flexibility index (Phi) is 9.14. The number of aliphatic hydroxyl groups is 2. The number of hydrogen-bond acceptors (Lipinski definition) is 7. The normalized spacial score (nSPS) is 40.9. The highest BCUT2D eigenvalue weighted by Gasteiger charge is 2.70. The number of ketones is 2. The van der Waals surface area contributed by atoms with Crippen molar-refractivity contribution in [1.29, 1.82) is 0 Å². The molecule has 0 bridgehead atoms. The average Bonchev–Trinajstić information content (AvgIpc) is 3.42. The van der Waals surface area contributed by atoms with E-state index in [0.717, 1.165) is 61.6 Å². The van der Waals surface area contributed by atoms with Gasteiger partial charge in [0.05, 0.1) is 11.7 Å². The second-order valence-corrected chi connectivity index (χ2v) is 19.7. The maximum atomic E-state index is 14.4. The van der Waals surface area contributed by atoms with E-state index in [4.69, 9.17) is 4.74 Å². The Bertz CT molecular complexity index is 1860. The molecule has 2 aromatic rings. The average molecular weight is 739 g/mol. The molecule has 4 saturated carbocycles. The van der Waals surface area contributed by atoms with Gasteiger partial charge < -0.3 is 25.2 Å². The number of fused-ring (bicyclic) bond motifs is 5. The minimum Gasteiger partial charge on any atom is -0.508 e. The zero-order valence-corrected chi connectivity index (χ0v) is 33.2. The molecule has 0 amide bonds. The van der Waals surface area contributed by atoms with Crippen molar-refractivity contribution in [2.75, 3.05) is 6.61 Å². The van der Waals surface area contributed by atoms with Crippen molar-refractivity contribution in [3.8, 4) is 11.5 Å². The van der Waals surface area contributed by atoms with Gasteiger partial charge in [0.25, 0.3) is 0 Å². The standard InChI is InChI=1S/C47H62O7/c1-27(22-36(51)42-46(6,54-42)34-15-9-14-32(34)28-10-7-12-30(49)23-28)40-35-16-17-39-44(4)25-33(29-11-8-13-31(50)24-29)41(53)43(2,3)38(44)18-19-47(39,20-21-48)45(35,5)26-37(40)52/h7-8,10-13,23-24,27,32-34,36,38-39,42,48-51H,9,14-22,25-26H2,1-6H3/t27-,32+,33-,34+,36-,38+,39-,42-,44-,45+,46-,47-/m1/s1. The van der Waals surface area contributed by atoms with Crippen LogP contribution in [0.25, 0.3) is 0 Å². The van der Waals surface area contributed by atoms with Crippen molar-refractivity contribution in [2.24, 2.45) is 45.3 Å². The van der Waals surface area contributed by atoms with Gasteiger partial charge >= 0.3 is 0 Å². The SMILES string of the molecule is C[C@H](C[C@@H](O)[C@H]1O[C@]1(C)[C@H]1CCC[C@H]1c1cccc(O)c1)C1=C2CC[C@@H]3[C@]4(C)C[C@H](c5cccc(O)c5)C(=O)C(C)(C)[C@@H]4CC[C@]3(CCO)[C@@]2(C)CC1=O. The molecule has 292 valence electrons. The van der Waals surface area contributed by atoms with Gasteiger partial charge in [-0.3, -0.25) is 9.59 Å². The smallest absolute Gasteiger partial charge is 0.159 e. The molecule has 0 radical (unpaired) electrons. The molecule has 0 spiro atoms. The first-order valence-electron chi connectivity index (χ1n) is 20.9. The lowest BCUT2D eigenvalue weighted by Gasteiger charge is -2.69. The van der Waals surface area contributed by atoms with Gasteiger partial charge in [-0.05, 0) is 146 Å². The molecule has 12 atom stereocenters. The first-order chi connectivity index (χ1) is 25.5. The minimum atomic E-state index is -0.698. The van der Waals surface area contributed by atoms with E-state index < -0.39 is 22.5 Å². The summed E-state index contributed by atoms with van der Waals surface area (Å²) in [6.07, 6.45) is 7.85. The maximum absolute atomic E-state index is 14.4. The lowest BCUT2D eigenvalue weighted by molar-refractivity contribution is -0.193. The lowest BCUT2D eigenvalue weighted by Crippen LogP contribution is -2.64. The highest BCUT2D eigenvalue weighted by atomic mass is 16.6. The second-order valence-electron chi connectivity index (χ2n) is 19.7. The third-order valence-corrected chi connectivity index (χ3v) is 16.9. The molecule has 5 aliphatic carbocycles. The van der Waals surface area contributed by atoms with Crippen LogP contribution in [-0.2, 0) is 14.3 Å². The first kappa shape index (κ1) is 37.9. The van der Waals surface area contributed by atoms with E-state index in [9.17, 15) is 30.0 Å². The van der Waals surface area contributed by atoms with Crippen LogP contribution in [-0.4, -0.2) is 56.4 Å². The number of hydrogen-bond donors (Lipinski definition) is 4. The van der Waals surface area contributed by atoms with Crippen LogP contribution in [0.1, 0.15) is 135 Å². The van der Waals surface area contributed by atoms with Crippen LogP contribution in [0.4, 0.5) is 0 Å². The van der Waals surface area contributed by atoms with Crippen LogP contribution in [0, 0.1) is 45.3 Å². The van der Waals surface area contributed by atoms with E-state index in [1.165, 1.54) is 5.57 Å². The van der Waals surface area contributed by atoms with Gasteiger partial charge in [-0.2, -0.15) is 0 Å². The third kappa shape index (κ3) is 5.44. The van der Waals surface area contributed by atoms with E-state index >= 15 is 0 Å². The summed E-state index contributed by atoms with van der Waals surface area (Å²) in [4.78, 5) is 28.7. The molecular weight excluding hydrogens is 677 g/mol. The molecule has 8 rings (SSSR count). The molecule has 0 aromatic heterocycles. The zero-order valence-electron chi connectivity index (χ0n) is 33.2. The Hall–Kier alpha value is -3.00. The topological polar surface area (TPSA) is 128 Å². The number of phenols is 2. The monoisotopic (exact) mass is 738 g/mol. The maximum Gasteiger partial charge on any atom is 0.159 e. The fourth-order valence-electron chi connectivity index (χ4n) is 14.6. The summed E-state index contributed by atoms with van der Waals surface area (Å²) < 4.78 is 6.42. The van der Waals surface area contributed by atoms with Gasteiger partial charge in [0.2, 0.25) is 0 Å². The Morgan fingerprint density at radius 1 is 0.889 bits per heavy atom. The number of carbonyl (C=O) groups excluding carboxylic acids is 2. The molecule has 7 nitrogen and oxygen atoms in total. The first-order valence-corrected chi connectivity index (χ1v) is 20.9. The van der Waals surface area contributed by atoms with Gasteiger partial charge in [0.1, 0.15) is 23.4 Å². The number of rotatable bonds is 9. The number of aromatic hydroxyl groups is 2. The van der Waals surface area contributed by atoms with Gasteiger partial charge in [-0.25, -0.2) is 0 Å². The van der Waals surface area contributed by atoms with E-state index in [-0.39, 0.29) is 82.1 Å². The summed E-state index contributed by atoms with van der Waals surface area (Å²) >= 11 is 0. The highest BCUT2D eigenvalue weighted by molar-refractivity contribution is 6.00. The molecule has 6 aliphatic rings. The molecular formula is C47H62O7. The quantitative estimate of drug-likeness (QED) is 0.190. The summed E-state index contributed by atoms with van der Waals surface area (Å²) in [5.74, 6) is 1.37. The van der Waals surface area contributed by atoms with Crippen molar-refractivity contribution < 1.29 is 34.8 Å². The van der Waals surface area contributed by atoms with Gasteiger partial charge in [0, 0.05) is 29.8 Å². The number of allylic oxidation sites excluding steroid dienone is 2. The van der Waals surface area contributed by atoms with Crippen LogP contribution < -0.4 is 0 Å². The molecule has 7 heteroatoms. The van der Waals surface area contributed by atoms with Crippen LogP contribution in [0.2, 0.25) is 0 Å². The molecule has 54 heavy (non-hydrogen) atoms. The Morgan fingerprint density at radius 3 is 2.26 bits per heavy atom. The molecule has 2 aromatic carbocycles. The summed E-state index contributed by atoms with van der Waals surface area (Å²) in [7, 11) is 0. The number of aliphatic hydroxyl groups excluding tert-OH is 2. The number of phenolic OH excluding ortho intramolecular Hbond substituents is 2. The van der Waals surface area contributed by atoms with Crippen LogP contribution >= 0.6 is 0 Å². The van der Waals surface area contributed by atoms with E-state index in [1.54, 1.807) is 18.2 Å². The van der Waals surface area contributed by atoms with Gasteiger partial charge in [-0.15, -0.1) is 0 Å². The molecule has 5 fully saturated rings. The van der Waals surface area contributed by atoms with Crippen molar-refractivity contribution in [3.63, 3.8) is 0 Å². The largest absolute Gasteiger partial charge is 0.508 e. The molecule has 1 saturated heterocycles. The van der Waals surface area contributed by atoms with E-state index in [0.29, 0.717) is 25.7 Å². The highest BCUT2D eigenvalue weighted by Crippen LogP contribution is 2.76. The number of carbonyl (C=O) groups is 2. The summed E-state index contributed by atoms with van der Waals surface area (Å²) in [6, 6.07) is 14.8. The van der Waals surface area contributed by atoms with Crippen molar-refractivity contribution in [1.82, 2.24) is 0 Å². The summed E-state index contributed by atoms with van der Waals surface area (Å²) in [5.41, 5.74) is 2.25. The third-order valence-electron chi connectivity index (χ3n) is 16.9. The predicted octanol–water partition coefficient (Wildman–Crippen LogP) is 8.78. The fourth-order valence-corrected chi connectivity index (χ4v) is 14.6. The summed E-state index contributed by atoms with van der Waals surface area (Å²) in [5, 5.41) is 43.2. The Morgan fingerprint density at radius 2 is 1.57 bits per heavy atom. The molecule has 1 heterocycles. The Balaban J connectivity index is 1.07. The number of Topliss-reactive ketones (excluding diaryl/α,β-unsaturated/α-hetero) is 2. The number of epoxide rings is 1. The molecule has 0 unspecified atom stereocenters. The van der Waals surface area contributed by atoms with Crippen LogP contribution in [0.15, 0.2) is 59.7 Å². The number of benzene rings is 2. The van der Waals surface area contributed by atoms with Crippen LogP contribution in [0.3, 0.4) is 0 Å². The lowest BCUT2D eigenvalue weighted by atomic mass is 9.34. The summed E-state index contributed by atoms with van der Waals surface area (Å²) in [6.45, 7) is 13.3. The minimum absolute atomic E-state index is 0.0541. The predicted molar refractivity (Wildman–Crippen MR) is 208 cm³/mol. The zero-order chi connectivity index (χ0) is 38.6. The van der Waals surface area contributed by atoms with E-state index in [2.05, 4.69) is 47.6 Å². The fraction of sp³-hybridized carbons (Fsp3) is 0.660. The van der Waals surface area contributed by atoms with Crippen molar-refractivity contribution in [3.05, 3.63) is 70.8 Å². The molecule has 1 aliphatic heterocycles. The van der Waals surface area contributed by atoms with Crippen molar-refractivity contribution in [2.45, 2.75) is 142 Å².